The normalized spacial score (nSPS) is 22.5. The standard InChI is InChI=1S/C15H21BrN2O2/c16-12-4-2-5-13(8-12)18-15(20)10-17-9-11-3-1-6-14(19)7-11/h2,4-5,8,11,14,17,19H,1,3,6-7,9-10H2,(H,18,20). The second kappa shape index (κ2) is 7.76. The van der Waals surface area contributed by atoms with E-state index in [0.717, 1.165) is 42.4 Å². The molecule has 110 valence electrons. The number of anilines is 1. The molecule has 0 heterocycles. The molecular formula is C15H21BrN2O2. The Labute approximate surface area is 128 Å². The van der Waals surface area contributed by atoms with Gasteiger partial charge in [-0.25, -0.2) is 0 Å². The molecule has 1 fully saturated rings. The molecule has 1 aliphatic carbocycles. The second-order valence-electron chi connectivity index (χ2n) is 5.38. The van der Waals surface area contributed by atoms with Gasteiger partial charge in [0.25, 0.3) is 0 Å². The van der Waals surface area contributed by atoms with E-state index in [-0.39, 0.29) is 12.0 Å². The number of rotatable bonds is 5. The summed E-state index contributed by atoms with van der Waals surface area (Å²) in [5.74, 6) is 0.442. The highest BCUT2D eigenvalue weighted by Crippen LogP contribution is 2.23. The van der Waals surface area contributed by atoms with Gasteiger partial charge in [0, 0.05) is 10.2 Å². The van der Waals surface area contributed by atoms with E-state index in [1.54, 1.807) is 0 Å². The summed E-state index contributed by atoms with van der Waals surface area (Å²) >= 11 is 3.37. The summed E-state index contributed by atoms with van der Waals surface area (Å²) in [6.45, 7) is 1.10. The maximum atomic E-state index is 11.8. The van der Waals surface area contributed by atoms with Crippen LogP contribution < -0.4 is 10.6 Å². The predicted octanol–water partition coefficient (Wildman–Crippen LogP) is 2.53. The average Bonchev–Trinajstić information content (AvgIpc) is 2.38. The molecule has 1 aromatic rings. The largest absolute Gasteiger partial charge is 0.393 e. The number of benzene rings is 1. The Morgan fingerprint density at radius 3 is 3.00 bits per heavy atom. The molecule has 0 bridgehead atoms. The van der Waals surface area contributed by atoms with Crippen LogP contribution in [0.2, 0.25) is 0 Å². The van der Waals surface area contributed by atoms with Crippen LogP contribution >= 0.6 is 15.9 Å². The van der Waals surface area contributed by atoms with Crippen molar-refractivity contribution in [1.82, 2.24) is 5.32 Å². The molecule has 2 atom stereocenters. The van der Waals surface area contributed by atoms with E-state index in [9.17, 15) is 9.90 Å². The molecule has 0 radical (unpaired) electrons. The van der Waals surface area contributed by atoms with Gasteiger partial charge in [-0.15, -0.1) is 0 Å². The van der Waals surface area contributed by atoms with Crippen LogP contribution in [0.3, 0.4) is 0 Å². The van der Waals surface area contributed by atoms with Crippen molar-refractivity contribution < 1.29 is 9.90 Å². The lowest BCUT2D eigenvalue weighted by atomic mass is 9.87. The lowest BCUT2D eigenvalue weighted by Gasteiger charge is -2.25. The Bertz CT molecular complexity index is 453. The number of aliphatic hydroxyl groups excluding tert-OH is 1. The Morgan fingerprint density at radius 2 is 2.25 bits per heavy atom. The minimum absolute atomic E-state index is 0.0422. The zero-order chi connectivity index (χ0) is 14.4. The number of amides is 1. The summed E-state index contributed by atoms with van der Waals surface area (Å²) < 4.78 is 0.944. The van der Waals surface area contributed by atoms with Crippen molar-refractivity contribution in [3.8, 4) is 0 Å². The van der Waals surface area contributed by atoms with Gasteiger partial charge in [0.1, 0.15) is 0 Å². The lowest BCUT2D eigenvalue weighted by Crippen LogP contribution is -2.34. The topological polar surface area (TPSA) is 61.4 Å². The van der Waals surface area contributed by atoms with E-state index in [4.69, 9.17) is 0 Å². The average molecular weight is 341 g/mol. The number of aliphatic hydroxyl groups is 1. The minimum Gasteiger partial charge on any atom is -0.393 e. The van der Waals surface area contributed by atoms with Gasteiger partial charge in [-0.3, -0.25) is 4.79 Å². The van der Waals surface area contributed by atoms with Gasteiger partial charge in [0.05, 0.1) is 12.6 Å². The second-order valence-corrected chi connectivity index (χ2v) is 6.29. The smallest absolute Gasteiger partial charge is 0.238 e. The van der Waals surface area contributed by atoms with E-state index in [1.807, 2.05) is 24.3 Å². The molecule has 0 aromatic heterocycles. The van der Waals surface area contributed by atoms with E-state index in [0.29, 0.717) is 12.5 Å². The molecule has 0 spiro atoms. The molecule has 20 heavy (non-hydrogen) atoms. The maximum Gasteiger partial charge on any atom is 0.238 e. The third-order valence-corrected chi connectivity index (χ3v) is 4.08. The summed E-state index contributed by atoms with van der Waals surface area (Å²) in [6, 6.07) is 7.54. The first-order chi connectivity index (χ1) is 9.63. The highest BCUT2D eigenvalue weighted by Gasteiger charge is 2.19. The van der Waals surface area contributed by atoms with Crippen LogP contribution in [0.5, 0.6) is 0 Å². The first-order valence-corrected chi connectivity index (χ1v) is 7.87. The van der Waals surface area contributed by atoms with Gasteiger partial charge >= 0.3 is 0 Å². The first kappa shape index (κ1) is 15.5. The van der Waals surface area contributed by atoms with Crippen molar-refractivity contribution in [2.24, 2.45) is 5.92 Å². The molecule has 0 saturated heterocycles. The van der Waals surface area contributed by atoms with Crippen molar-refractivity contribution in [2.45, 2.75) is 31.8 Å². The molecule has 3 N–H and O–H groups in total. The summed E-state index contributed by atoms with van der Waals surface area (Å²) in [7, 11) is 0. The van der Waals surface area contributed by atoms with Crippen LogP contribution in [0.1, 0.15) is 25.7 Å². The van der Waals surface area contributed by atoms with Crippen molar-refractivity contribution in [1.29, 1.82) is 0 Å². The SMILES string of the molecule is O=C(CNCC1CCCC(O)C1)Nc1cccc(Br)c1. The zero-order valence-electron chi connectivity index (χ0n) is 11.4. The molecule has 2 rings (SSSR count). The summed E-state index contributed by atoms with van der Waals surface area (Å²) in [6.07, 6.45) is 3.82. The molecule has 1 amide bonds. The third-order valence-electron chi connectivity index (χ3n) is 3.58. The van der Waals surface area contributed by atoms with Crippen molar-refractivity contribution >= 4 is 27.5 Å². The van der Waals surface area contributed by atoms with E-state index >= 15 is 0 Å². The van der Waals surface area contributed by atoms with Gasteiger partial charge in [-0.2, -0.15) is 0 Å². The molecule has 1 saturated carbocycles. The fourth-order valence-electron chi connectivity index (χ4n) is 2.61. The quantitative estimate of drug-likeness (QED) is 0.771. The first-order valence-electron chi connectivity index (χ1n) is 7.07. The summed E-state index contributed by atoms with van der Waals surface area (Å²) in [5, 5.41) is 15.6. The predicted molar refractivity (Wildman–Crippen MR) is 83.6 cm³/mol. The lowest BCUT2D eigenvalue weighted by molar-refractivity contribution is -0.115. The third kappa shape index (κ3) is 5.23. The molecule has 0 aliphatic heterocycles. The molecule has 4 nitrogen and oxygen atoms in total. The summed E-state index contributed by atoms with van der Waals surface area (Å²) in [4.78, 5) is 11.8. The number of carbonyl (C=O) groups excluding carboxylic acids is 1. The number of halogens is 1. The highest BCUT2D eigenvalue weighted by atomic mass is 79.9. The van der Waals surface area contributed by atoms with E-state index in [1.165, 1.54) is 0 Å². The monoisotopic (exact) mass is 340 g/mol. The Kier molecular flexibility index (Phi) is 6.01. The number of nitrogens with one attached hydrogen (secondary N) is 2. The van der Waals surface area contributed by atoms with Crippen LogP contribution in [0, 0.1) is 5.92 Å². The molecular weight excluding hydrogens is 320 g/mol. The van der Waals surface area contributed by atoms with Gasteiger partial charge in [-0.1, -0.05) is 28.4 Å². The molecule has 1 aromatic carbocycles. The van der Waals surface area contributed by atoms with Crippen LogP contribution in [-0.2, 0) is 4.79 Å². The highest BCUT2D eigenvalue weighted by molar-refractivity contribution is 9.10. The number of hydrogen-bond donors (Lipinski definition) is 3. The Morgan fingerprint density at radius 1 is 1.40 bits per heavy atom. The van der Waals surface area contributed by atoms with E-state index in [2.05, 4.69) is 26.6 Å². The van der Waals surface area contributed by atoms with Crippen LogP contribution in [0.15, 0.2) is 28.7 Å². The zero-order valence-corrected chi connectivity index (χ0v) is 13.0. The maximum absolute atomic E-state index is 11.8. The van der Waals surface area contributed by atoms with Gasteiger partial charge < -0.3 is 15.7 Å². The number of carbonyl (C=O) groups is 1. The van der Waals surface area contributed by atoms with Crippen molar-refractivity contribution in [2.75, 3.05) is 18.4 Å². The Hall–Kier alpha value is -0.910. The van der Waals surface area contributed by atoms with Crippen LogP contribution in [0.4, 0.5) is 5.69 Å². The Balaban J connectivity index is 1.67. The minimum atomic E-state index is -0.161. The molecule has 2 unspecified atom stereocenters. The van der Waals surface area contributed by atoms with Gasteiger partial charge in [-0.05, 0) is 49.9 Å². The number of hydrogen-bond acceptors (Lipinski definition) is 3. The fourth-order valence-corrected chi connectivity index (χ4v) is 3.01. The van der Waals surface area contributed by atoms with Crippen molar-refractivity contribution in [3.63, 3.8) is 0 Å². The summed E-state index contributed by atoms with van der Waals surface area (Å²) in [5.41, 5.74) is 0.791. The molecule has 5 heteroatoms. The van der Waals surface area contributed by atoms with Gasteiger partial charge in [0.15, 0.2) is 0 Å². The van der Waals surface area contributed by atoms with Crippen LogP contribution in [0.25, 0.3) is 0 Å². The van der Waals surface area contributed by atoms with Crippen molar-refractivity contribution in [3.05, 3.63) is 28.7 Å². The van der Waals surface area contributed by atoms with E-state index < -0.39 is 0 Å². The van der Waals surface area contributed by atoms with Crippen LogP contribution in [-0.4, -0.2) is 30.2 Å². The van der Waals surface area contributed by atoms with Gasteiger partial charge in [0.2, 0.25) is 5.91 Å². The fraction of sp³-hybridized carbons (Fsp3) is 0.533. The molecule has 1 aliphatic rings.